The molecule has 3 heteroatoms. The summed E-state index contributed by atoms with van der Waals surface area (Å²) in [6.07, 6.45) is 3.83. The first-order chi connectivity index (χ1) is 7.70. The van der Waals surface area contributed by atoms with Gasteiger partial charge >= 0.3 is 0 Å². The van der Waals surface area contributed by atoms with Gasteiger partial charge in [0.1, 0.15) is 0 Å². The third-order valence-corrected chi connectivity index (χ3v) is 3.19. The van der Waals surface area contributed by atoms with E-state index in [4.69, 9.17) is 0 Å². The van der Waals surface area contributed by atoms with Gasteiger partial charge in [0, 0.05) is 12.6 Å². The molecule has 0 bridgehead atoms. The van der Waals surface area contributed by atoms with Crippen LogP contribution in [-0.2, 0) is 6.54 Å². The van der Waals surface area contributed by atoms with Gasteiger partial charge in [0.05, 0.1) is 0 Å². The highest BCUT2D eigenvalue weighted by atomic mass is 16.3. The van der Waals surface area contributed by atoms with Gasteiger partial charge in [0.15, 0.2) is 11.5 Å². The van der Waals surface area contributed by atoms with Crippen LogP contribution in [0.25, 0.3) is 0 Å². The van der Waals surface area contributed by atoms with Crippen molar-refractivity contribution in [2.24, 2.45) is 5.92 Å². The Kier molecular flexibility index (Phi) is 3.34. The zero-order valence-corrected chi connectivity index (χ0v) is 9.61. The van der Waals surface area contributed by atoms with Crippen molar-refractivity contribution in [3.8, 4) is 11.5 Å². The zero-order chi connectivity index (χ0) is 11.5. The minimum absolute atomic E-state index is 0.0415. The van der Waals surface area contributed by atoms with E-state index in [2.05, 4.69) is 12.2 Å². The van der Waals surface area contributed by atoms with E-state index < -0.39 is 0 Å². The number of phenolic OH excluding ortho intramolecular Hbond substituents is 2. The van der Waals surface area contributed by atoms with E-state index in [9.17, 15) is 10.2 Å². The second kappa shape index (κ2) is 4.74. The van der Waals surface area contributed by atoms with Crippen LogP contribution in [0.3, 0.4) is 0 Å². The van der Waals surface area contributed by atoms with E-state index in [-0.39, 0.29) is 11.5 Å². The largest absolute Gasteiger partial charge is 0.504 e. The Labute approximate surface area is 96.1 Å². The van der Waals surface area contributed by atoms with Crippen LogP contribution < -0.4 is 5.32 Å². The summed E-state index contributed by atoms with van der Waals surface area (Å²) in [5, 5.41) is 22.0. The maximum Gasteiger partial charge on any atom is 0.157 e. The molecule has 3 nitrogen and oxygen atoms in total. The molecule has 88 valence electrons. The van der Waals surface area contributed by atoms with Crippen LogP contribution >= 0.6 is 0 Å². The Bertz CT molecular complexity index is 365. The molecular weight excluding hydrogens is 202 g/mol. The molecule has 0 spiro atoms. The number of aromatic hydroxyl groups is 2. The lowest BCUT2D eigenvalue weighted by Crippen LogP contribution is -2.17. The van der Waals surface area contributed by atoms with Crippen LogP contribution in [0.4, 0.5) is 0 Å². The van der Waals surface area contributed by atoms with E-state index in [1.165, 1.54) is 25.3 Å². The topological polar surface area (TPSA) is 52.5 Å². The molecule has 1 aromatic carbocycles. The van der Waals surface area contributed by atoms with Crippen molar-refractivity contribution in [1.29, 1.82) is 0 Å². The summed E-state index contributed by atoms with van der Waals surface area (Å²) < 4.78 is 0. The van der Waals surface area contributed by atoms with Crippen molar-refractivity contribution in [3.05, 3.63) is 23.8 Å². The SMILES string of the molecule is CCCC1CC1NCc1ccc(O)c(O)c1. The van der Waals surface area contributed by atoms with Crippen molar-refractivity contribution in [2.45, 2.75) is 38.8 Å². The molecule has 3 N–H and O–H groups in total. The first kappa shape index (κ1) is 11.3. The molecule has 0 amide bonds. The van der Waals surface area contributed by atoms with Crippen LogP contribution in [-0.4, -0.2) is 16.3 Å². The highest BCUT2D eigenvalue weighted by Gasteiger charge is 2.35. The molecule has 0 saturated heterocycles. The maximum atomic E-state index is 9.34. The summed E-state index contributed by atoms with van der Waals surface area (Å²) in [6.45, 7) is 2.98. The van der Waals surface area contributed by atoms with Crippen molar-refractivity contribution < 1.29 is 10.2 Å². The minimum Gasteiger partial charge on any atom is -0.504 e. The number of rotatable bonds is 5. The maximum absolute atomic E-state index is 9.34. The molecule has 0 aromatic heterocycles. The molecule has 1 aromatic rings. The summed E-state index contributed by atoms with van der Waals surface area (Å²) in [7, 11) is 0. The fourth-order valence-corrected chi connectivity index (χ4v) is 2.12. The Hall–Kier alpha value is -1.22. The predicted octanol–water partition coefficient (Wildman–Crippen LogP) is 2.38. The van der Waals surface area contributed by atoms with Crippen LogP contribution in [0.15, 0.2) is 18.2 Å². The summed E-state index contributed by atoms with van der Waals surface area (Å²) in [4.78, 5) is 0. The highest BCUT2D eigenvalue weighted by Crippen LogP contribution is 2.35. The first-order valence-electron chi connectivity index (χ1n) is 5.95. The summed E-state index contributed by atoms with van der Waals surface area (Å²) in [5.74, 6) is 0.745. The molecule has 16 heavy (non-hydrogen) atoms. The molecule has 1 aliphatic rings. The van der Waals surface area contributed by atoms with Crippen molar-refractivity contribution in [1.82, 2.24) is 5.32 Å². The lowest BCUT2D eigenvalue weighted by atomic mass is 10.2. The quantitative estimate of drug-likeness (QED) is 0.669. The number of benzene rings is 1. The van der Waals surface area contributed by atoms with Gasteiger partial charge in [0.25, 0.3) is 0 Å². The average molecular weight is 221 g/mol. The Morgan fingerprint density at radius 2 is 2.12 bits per heavy atom. The summed E-state index contributed by atoms with van der Waals surface area (Å²) >= 11 is 0. The van der Waals surface area contributed by atoms with E-state index >= 15 is 0 Å². The van der Waals surface area contributed by atoms with Gasteiger partial charge in [-0.2, -0.15) is 0 Å². The van der Waals surface area contributed by atoms with E-state index in [0.717, 1.165) is 18.0 Å². The molecule has 2 unspecified atom stereocenters. The predicted molar refractivity (Wildman–Crippen MR) is 63.4 cm³/mol. The van der Waals surface area contributed by atoms with Gasteiger partial charge in [-0.3, -0.25) is 0 Å². The Balaban J connectivity index is 1.80. The molecular formula is C13H19NO2. The number of hydrogen-bond acceptors (Lipinski definition) is 3. The normalized spacial score (nSPS) is 23.3. The molecule has 2 atom stereocenters. The second-order valence-electron chi connectivity index (χ2n) is 4.59. The van der Waals surface area contributed by atoms with E-state index in [0.29, 0.717) is 6.04 Å². The van der Waals surface area contributed by atoms with Crippen molar-refractivity contribution in [3.63, 3.8) is 0 Å². The summed E-state index contributed by atoms with van der Waals surface area (Å²) in [6, 6.07) is 5.62. The third kappa shape index (κ3) is 2.67. The first-order valence-corrected chi connectivity index (χ1v) is 5.95. The molecule has 0 radical (unpaired) electrons. The fraction of sp³-hybridized carbons (Fsp3) is 0.538. The van der Waals surface area contributed by atoms with Gasteiger partial charge in [-0.1, -0.05) is 19.4 Å². The fourth-order valence-electron chi connectivity index (χ4n) is 2.12. The number of nitrogens with one attached hydrogen (secondary N) is 1. The molecule has 0 heterocycles. The van der Waals surface area contributed by atoms with Crippen LogP contribution in [0.1, 0.15) is 31.7 Å². The molecule has 1 aliphatic carbocycles. The molecule has 1 saturated carbocycles. The zero-order valence-electron chi connectivity index (χ0n) is 9.61. The van der Waals surface area contributed by atoms with Gasteiger partial charge in [-0.05, 0) is 36.5 Å². The lowest BCUT2D eigenvalue weighted by molar-refractivity contribution is 0.403. The van der Waals surface area contributed by atoms with Crippen LogP contribution in [0, 0.1) is 5.92 Å². The van der Waals surface area contributed by atoms with Crippen molar-refractivity contribution in [2.75, 3.05) is 0 Å². The third-order valence-electron chi connectivity index (χ3n) is 3.19. The smallest absolute Gasteiger partial charge is 0.157 e. The molecule has 2 rings (SSSR count). The monoisotopic (exact) mass is 221 g/mol. The van der Waals surface area contributed by atoms with Gasteiger partial charge in [-0.15, -0.1) is 0 Å². The summed E-state index contributed by atoms with van der Waals surface area (Å²) in [5.41, 5.74) is 1.01. The van der Waals surface area contributed by atoms with Gasteiger partial charge in [0.2, 0.25) is 0 Å². The lowest BCUT2D eigenvalue weighted by Gasteiger charge is -2.05. The second-order valence-corrected chi connectivity index (χ2v) is 4.59. The van der Waals surface area contributed by atoms with E-state index in [1.807, 2.05) is 6.07 Å². The van der Waals surface area contributed by atoms with Crippen LogP contribution in [0.2, 0.25) is 0 Å². The van der Waals surface area contributed by atoms with Crippen LogP contribution in [0.5, 0.6) is 11.5 Å². The van der Waals surface area contributed by atoms with Gasteiger partial charge in [-0.25, -0.2) is 0 Å². The standard InChI is InChI=1S/C13H19NO2/c1-2-3-10-7-11(10)14-8-9-4-5-12(15)13(16)6-9/h4-6,10-11,14-16H,2-3,7-8H2,1H3. The highest BCUT2D eigenvalue weighted by molar-refractivity contribution is 5.40. The average Bonchev–Trinajstić information content (AvgIpc) is 2.99. The number of phenols is 2. The van der Waals surface area contributed by atoms with Gasteiger partial charge < -0.3 is 15.5 Å². The Morgan fingerprint density at radius 1 is 1.31 bits per heavy atom. The molecule has 1 fully saturated rings. The minimum atomic E-state index is -0.0565. The Morgan fingerprint density at radius 3 is 2.81 bits per heavy atom. The number of hydrogen-bond donors (Lipinski definition) is 3. The van der Waals surface area contributed by atoms with Crippen molar-refractivity contribution >= 4 is 0 Å². The molecule has 0 aliphatic heterocycles. The van der Waals surface area contributed by atoms with E-state index in [1.54, 1.807) is 6.07 Å².